The minimum absolute atomic E-state index is 0.0431. The molecule has 0 saturated heterocycles. The van der Waals surface area contributed by atoms with Gasteiger partial charge in [0.25, 0.3) is 5.91 Å². The number of anilines is 1. The number of amides is 2. The van der Waals surface area contributed by atoms with Gasteiger partial charge in [0, 0.05) is 20.0 Å². The normalized spacial score (nSPS) is 16.4. The van der Waals surface area contributed by atoms with Crippen molar-refractivity contribution in [3.05, 3.63) is 47.9 Å². The molecule has 0 spiro atoms. The number of fused-ring (bicyclic) bond motifs is 1. The number of benzene rings is 1. The third-order valence-electron chi connectivity index (χ3n) is 4.24. The van der Waals surface area contributed by atoms with Gasteiger partial charge in [-0.25, -0.2) is 0 Å². The Morgan fingerprint density at radius 2 is 2.00 bits per heavy atom. The van der Waals surface area contributed by atoms with Gasteiger partial charge in [0.15, 0.2) is 6.10 Å². The third-order valence-corrected chi connectivity index (χ3v) is 4.24. The van der Waals surface area contributed by atoms with E-state index in [9.17, 15) is 9.59 Å². The highest BCUT2D eigenvalue weighted by Gasteiger charge is 2.31. The Hall–Kier alpha value is -2.76. The smallest absolute Gasteiger partial charge is 0.267 e. The minimum Gasteiger partial charge on any atom is -0.479 e. The van der Waals surface area contributed by atoms with Crippen LogP contribution in [0.1, 0.15) is 24.9 Å². The number of furan rings is 1. The average Bonchev–Trinajstić information content (AvgIpc) is 3.00. The van der Waals surface area contributed by atoms with Crippen LogP contribution in [0, 0.1) is 6.92 Å². The molecule has 0 radical (unpaired) electrons. The Morgan fingerprint density at radius 1 is 1.24 bits per heavy atom. The predicted octanol–water partition coefficient (Wildman–Crippen LogP) is 2.75. The van der Waals surface area contributed by atoms with E-state index < -0.39 is 6.10 Å². The Labute approximate surface area is 147 Å². The molecule has 6 heteroatoms. The zero-order valence-electron chi connectivity index (χ0n) is 14.7. The summed E-state index contributed by atoms with van der Waals surface area (Å²) >= 11 is 0. The van der Waals surface area contributed by atoms with Crippen LogP contribution in [0.15, 0.2) is 40.8 Å². The average molecular weight is 342 g/mol. The molecule has 0 unspecified atom stereocenters. The summed E-state index contributed by atoms with van der Waals surface area (Å²) in [6, 6.07) is 11.1. The van der Waals surface area contributed by atoms with Crippen molar-refractivity contribution in [3.8, 4) is 5.75 Å². The van der Waals surface area contributed by atoms with Gasteiger partial charge in [0.1, 0.15) is 17.3 Å². The first-order valence-corrected chi connectivity index (χ1v) is 8.32. The summed E-state index contributed by atoms with van der Waals surface area (Å²) in [5, 5.41) is 0. The first kappa shape index (κ1) is 17.1. The van der Waals surface area contributed by atoms with Crippen molar-refractivity contribution < 1.29 is 18.7 Å². The molecule has 25 heavy (non-hydrogen) atoms. The molecule has 2 aromatic rings. The predicted molar refractivity (Wildman–Crippen MR) is 93.4 cm³/mol. The Morgan fingerprint density at radius 3 is 2.72 bits per heavy atom. The minimum atomic E-state index is -0.547. The van der Waals surface area contributed by atoms with Crippen LogP contribution in [0.4, 0.5) is 5.69 Å². The molecule has 0 saturated carbocycles. The lowest BCUT2D eigenvalue weighted by Crippen LogP contribution is -2.45. The van der Waals surface area contributed by atoms with Gasteiger partial charge in [-0.1, -0.05) is 12.1 Å². The Bertz CT molecular complexity index is 783. The van der Waals surface area contributed by atoms with Gasteiger partial charge < -0.3 is 19.0 Å². The summed E-state index contributed by atoms with van der Waals surface area (Å²) in [6.07, 6.45) is -0.308. The van der Waals surface area contributed by atoms with Gasteiger partial charge >= 0.3 is 0 Å². The van der Waals surface area contributed by atoms with Gasteiger partial charge in [-0.3, -0.25) is 9.59 Å². The fourth-order valence-electron chi connectivity index (χ4n) is 2.88. The molecule has 1 atom stereocenters. The van der Waals surface area contributed by atoms with Crippen molar-refractivity contribution in [3.63, 3.8) is 0 Å². The molecular formula is C19H22N2O4. The molecule has 6 nitrogen and oxygen atoms in total. The molecule has 2 heterocycles. The SMILES string of the molecule is Cc1ccc(CN(C)C(=O)CCN2C(=O)[C@H](C)Oc3ccccc32)o1. The quantitative estimate of drug-likeness (QED) is 0.838. The third kappa shape index (κ3) is 3.68. The van der Waals surface area contributed by atoms with Crippen molar-refractivity contribution in [1.29, 1.82) is 0 Å². The summed E-state index contributed by atoms with van der Waals surface area (Å²) in [6.45, 7) is 4.33. The topological polar surface area (TPSA) is 63.0 Å². The number of aryl methyl sites for hydroxylation is 1. The molecule has 0 aliphatic carbocycles. The molecule has 1 aromatic carbocycles. The van der Waals surface area contributed by atoms with Gasteiger partial charge in [0.05, 0.1) is 12.2 Å². The maximum atomic E-state index is 12.4. The summed E-state index contributed by atoms with van der Waals surface area (Å²) in [4.78, 5) is 28.1. The van der Waals surface area contributed by atoms with E-state index in [1.165, 1.54) is 0 Å². The van der Waals surface area contributed by atoms with Gasteiger partial charge in [-0.2, -0.15) is 0 Å². The second-order valence-corrected chi connectivity index (χ2v) is 6.23. The van der Waals surface area contributed by atoms with Crippen LogP contribution >= 0.6 is 0 Å². The van der Waals surface area contributed by atoms with Gasteiger partial charge in [-0.05, 0) is 38.1 Å². The molecule has 1 aliphatic rings. The first-order valence-electron chi connectivity index (χ1n) is 8.32. The van der Waals surface area contributed by atoms with E-state index in [4.69, 9.17) is 9.15 Å². The maximum Gasteiger partial charge on any atom is 0.267 e. The number of carbonyl (C=O) groups is 2. The number of rotatable bonds is 5. The fourth-order valence-corrected chi connectivity index (χ4v) is 2.88. The molecule has 0 fully saturated rings. The maximum absolute atomic E-state index is 12.4. The van der Waals surface area contributed by atoms with E-state index in [1.54, 1.807) is 23.8 Å². The lowest BCUT2D eigenvalue weighted by atomic mass is 10.1. The van der Waals surface area contributed by atoms with Crippen molar-refractivity contribution in [1.82, 2.24) is 4.90 Å². The second-order valence-electron chi connectivity index (χ2n) is 6.23. The monoisotopic (exact) mass is 342 g/mol. The van der Waals surface area contributed by atoms with Crippen LogP contribution in [-0.4, -0.2) is 36.4 Å². The molecule has 132 valence electrons. The fraction of sp³-hybridized carbons (Fsp3) is 0.368. The highest BCUT2D eigenvalue weighted by atomic mass is 16.5. The van der Waals surface area contributed by atoms with E-state index in [2.05, 4.69) is 0 Å². The summed E-state index contributed by atoms with van der Waals surface area (Å²) < 4.78 is 11.1. The molecule has 1 aromatic heterocycles. The van der Waals surface area contributed by atoms with Crippen LogP contribution < -0.4 is 9.64 Å². The summed E-state index contributed by atoms with van der Waals surface area (Å²) in [5.74, 6) is 2.06. The number of ether oxygens (including phenoxy) is 1. The lowest BCUT2D eigenvalue weighted by molar-refractivity contribution is -0.130. The lowest BCUT2D eigenvalue weighted by Gasteiger charge is -2.33. The van der Waals surface area contributed by atoms with E-state index in [0.29, 0.717) is 24.5 Å². The van der Waals surface area contributed by atoms with E-state index in [1.807, 2.05) is 43.3 Å². The van der Waals surface area contributed by atoms with Crippen LogP contribution in [0.3, 0.4) is 0 Å². The number of hydrogen-bond acceptors (Lipinski definition) is 4. The zero-order chi connectivity index (χ0) is 18.0. The molecule has 2 amide bonds. The zero-order valence-corrected chi connectivity index (χ0v) is 14.7. The summed E-state index contributed by atoms with van der Waals surface area (Å²) in [7, 11) is 1.73. The Balaban J connectivity index is 1.64. The van der Waals surface area contributed by atoms with Crippen LogP contribution in [0.25, 0.3) is 0 Å². The molecule has 0 bridgehead atoms. The molecule has 3 rings (SSSR count). The van der Waals surface area contributed by atoms with E-state index >= 15 is 0 Å². The number of nitrogens with zero attached hydrogens (tertiary/aromatic N) is 2. The number of hydrogen-bond donors (Lipinski definition) is 0. The molecule has 1 aliphatic heterocycles. The number of para-hydroxylation sites is 2. The van der Waals surface area contributed by atoms with E-state index in [-0.39, 0.29) is 18.2 Å². The van der Waals surface area contributed by atoms with Gasteiger partial charge in [0.2, 0.25) is 5.91 Å². The highest BCUT2D eigenvalue weighted by Crippen LogP contribution is 2.33. The Kier molecular flexibility index (Phi) is 4.79. The van der Waals surface area contributed by atoms with Gasteiger partial charge in [-0.15, -0.1) is 0 Å². The molecular weight excluding hydrogens is 320 g/mol. The van der Waals surface area contributed by atoms with Crippen molar-refractivity contribution in [2.75, 3.05) is 18.5 Å². The van der Waals surface area contributed by atoms with Crippen molar-refractivity contribution >= 4 is 17.5 Å². The van der Waals surface area contributed by atoms with Crippen LogP contribution in [0.2, 0.25) is 0 Å². The van der Waals surface area contributed by atoms with Crippen molar-refractivity contribution in [2.24, 2.45) is 0 Å². The molecule has 0 N–H and O–H groups in total. The van der Waals surface area contributed by atoms with Crippen LogP contribution in [-0.2, 0) is 16.1 Å². The van der Waals surface area contributed by atoms with Crippen molar-refractivity contribution in [2.45, 2.75) is 32.9 Å². The standard InChI is InChI=1S/C19H22N2O4/c1-13-8-9-15(24-13)12-20(3)18(22)10-11-21-16-6-4-5-7-17(16)25-14(2)19(21)23/h4-9,14H,10-12H2,1-3H3/t14-/m0/s1. The highest BCUT2D eigenvalue weighted by molar-refractivity contribution is 6.00. The number of carbonyl (C=O) groups excluding carboxylic acids is 2. The summed E-state index contributed by atoms with van der Waals surface area (Å²) in [5.41, 5.74) is 0.711. The van der Waals surface area contributed by atoms with E-state index in [0.717, 1.165) is 11.5 Å². The van der Waals surface area contributed by atoms with Crippen LogP contribution in [0.5, 0.6) is 5.75 Å². The first-order chi connectivity index (χ1) is 12.0. The second kappa shape index (κ2) is 7.01. The largest absolute Gasteiger partial charge is 0.479 e.